The zero-order valence-electron chi connectivity index (χ0n) is 12.0. The molecule has 1 amide bonds. The van der Waals surface area contributed by atoms with E-state index in [4.69, 9.17) is 0 Å². The maximum Gasteiger partial charge on any atom is 0.255 e. The molecule has 1 heterocycles. The largest absolute Gasteiger partial charge is 0.370 e. The third-order valence-corrected chi connectivity index (χ3v) is 3.10. The van der Waals surface area contributed by atoms with Gasteiger partial charge in [-0.15, -0.1) is 0 Å². The van der Waals surface area contributed by atoms with Crippen molar-refractivity contribution in [2.45, 2.75) is 20.8 Å². The third kappa shape index (κ3) is 3.15. The summed E-state index contributed by atoms with van der Waals surface area (Å²) in [5.74, 6) is 0.589. The molecule has 0 atom stereocenters. The molecule has 4 nitrogen and oxygen atoms in total. The smallest absolute Gasteiger partial charge is 0.255 e. The van der Waals surface area contributed by atoms with Gasteiger partial charge in [0.2, 0.25) is 0 Å². The van der Waals surface area contributed by atoms with E-state index in [1.807, 2.05) is 39.0 Å². The first-order valence-electron chi connectivity index (χ1n) is 6.69. The van der Waals surface area contributed by atoms with Gasteiger partial charge in [-0.2, -0.15) is 0 Å². The van der Waals surface area contributed by atoms with Crippen LogP contribution in [0, 0.1) is 13.8 Å². The van der Waals surface area contributed by atoms with Crippen LogP contribution in [-0.2, 0) is 0 Å². The van der Waals surface area contributed by atoms with Gasteiger partial charge in [0, 0.05) is 24.0 Å². The van der Waals surface area contributed by atoms with Gasteiger partial charge in [0.05, 0.1) is 0 Å². The second kappa shape index (κ2) is 6.19. The molecule has 0 aliphatic rings. The van der Waals surface area contributed by atoms with Crippen molar-refractivity contribution in [1.82, 2.24) is 4.98 Å². The van der Waals surface area contributed by atoms with E-state index in [0.29, 0.717) is 11.4 Å². The quantitative estimate of drug-likeness (QED) is 0.894. The maximum absolute atomic E-state index is 12.3. The minimum Gasteiger partial charge on any atom is -0.370 e. The molecule has 0 bridgehead atoms. The van der Waals surface area contributed by atoms with E-state index in [9.17, 15) is 4.79 Å². The van der Waals surface area contributed by atoms with Crippen LogP contribution in [0.2, 0.25) is 0 Å². The molecular formula is C16H19N3O. The van der Waals surface area contributed by atoms with Crippen LogP contribution in [0.1, 0.15) is 28.4 Å². The summed E-state index contributed by atoms with van der Waals surface area (Å²) in [7, 11) is 0. The molecule has 2 N–H and O–H groups in total. The normalized spacial score (nSPS) is 10.2. The number of benzene rings is 1. The number of para-hydroxylation sites is 1. The number of nitrogens with one attached hydrogen (secondary N) is 2. The van der Waals surface area contributed by atoms with E-state index in [-0.39, 0.29) is 5.91 Å². The van der Waals surface area contributed by atoms with Crippen molar-refractivity contribution in [2.75, 3.05) is 17.2 Å². The second-order valence-corrected chi connectivity index (χ2v) is 4.68. The third-order valence-electron chi connectivity index (χ3n) is 3.10. The van der Waals surface area contributed by atoms with Crippen LogP contribution in [0.25, 0.3) is 0 Å². The topological polar surface area (TPSA) is 54.0 Å². The van der Waals surface area contributed by atoms with Gasteiger partial charge in [-0.25, -0.2) is 4.98 Å². The number of nitrogens with zero attached hydrogens (tertiary/aromatic N) is 1. The molecule has 4 heteroatoms. The van der Waals surface area contributed by atoms with Gasteiger partial charge in [-0.05, 0) is 44.0 Å². The molecule has 0 aliphatic heterocycles. The molecule has 20 heavy (non-hydrogen) atoms. The first-order valence-corrected chi connectivity index (χ1v) is 6.69. The summed E-state index contributed by atoms with van der Waals surface area (Å²) in [6, 6.07) is 9.42. The molecule has 0 spiro atoms. The molecule has 0 saturated heterocycles. The molecule has 0 aliphatic carbocycles. The SMILES string of the molecule is CCNc1cc(C(=O)Nc2c(C)cccc2C)ccn1. The Hall–Kier alpha value is -2.36. The van der Waals surface area contributed by atoms with Crippen molar-refractivity contribution < 1.29 is 4.79 Å². The number of hydrogen-bond acceptors (Lipinski definition) is 3. The van der Waals surface area contributed by atoms with Gasteiger partial charge >= 0.3 is 0 Å². The molecule has 0 radical (unpaired) electrons. The molecule has 0 fully saturated rings. The molecule has 2 rings (SSSR count). The number of carbonyl (C=O) groups is 1. The summed E-state index contributed by atoms with van der Waals surface area (Å²) in [5, 5.41) is 6.07. The van der Waals surface area contributed by atoms with E-state index in [0.717, 1.165) is 23.4 Å². The highest BCUT2D eigenvalue weighted by Gasteiger charge is 2.10. The number of pyridine rings is 1. The molecule has 2 aromatic rings. The van der Waals surface area contributed by atoms with Crippen LogP contribution >= 0.6 is 0 Å². The zero-order chi connectivity index (χ0) is 14.5. The van der Waals surface area contributed by atoms with Gasteiger partial charge in [-0.1, -0.05) is 18.2 Å². The predicted molar refractivity (Wildman–Crippen MR) is 82.3 cm³/mol. The number of hydrogen-bond donors (Lipinski definition) is 2. The zero-order valence-corrected chi connectivity index (χ0v) is 12.0. The number of aromatic nitrogens is 1. The Labute approximate surface area is 119 Å². The van der Waals surface area contributed by atoms with Gasteiger partial charge < -0.3 is 10.6 Å². The standard InChI is InChI=1S/C16H19N3O/c1-4-17-14-10-13(8-9-18-14)16(20)19-15-11(2)6-5-7-12(15)3/h5-10H,4H2,1-3H3,(H,17,18)(H,19,20). The lowest BCUT2D eigenvalue weighted by molar-refractivity contribution is 0.102. The Morgan fingerprint density at radius 3 is 2.55 bits per heavy atom. The number of aryl methyl sites for hydroxylation is 2. The lowest BCUT2D eigenvalue weighted by atomic mass is 10.1. The number of amides is 1. The molecule has 1 aromatic heterocycles. The maximum atomic E-state index is 12.3. The monoisotopic (exact) mass is 269 g/mol. The predicted octanol–water partition coefficient (Wildman–Crippen LogP) is 3.38. The highest BCUT2D eigenvalue weighted by molar-refractivity contribution is 6.05. The Bertz CT molecular complexity index is 603. The lowest BCUT2D eigenvalue weighted by Gasteiger charge is -2.12. The van der Waals surface area contributed by atoms with Crippen LogP contribution in [0.5, 0.6) is 0 Å². The van der Waals surface area contributed by atoms with Crippen molar-refractivity contribution in [2.24, 2.45) is 0 Å². The van der Waals surface area contributed by atoms with Crippen LogP contribution in [0.15, 0.2) is 36.5 Å². The van der Waals surface area contributed by atoms with Gasteiger partial charge in [-0.3, -0.25) is 4.79 Å². The Balaban J connectivity index is 2.22. The van der Waals surface area contributed by atoms with E-state index in [1.54, 1.807) is 18.3 Å². The number of anilines is 2. The van der Waals surface area contributed by atoms with E-state index < -0.39 is 0 Å². The van der Waals surface area contributed by atoms with Crippen molar-refractivity contribution >= 4 is 17.4 Å². The van der Waals surface area contributed by atoms with E-state index >= 15 is 0 Å². The fraction of sp³-hybridized carbons (Fsp3) is 0.250. The second-order valence-electron chi connectivity index (χ2n) is 4.68. The van der Waals surface area contributed by atoms with Crippen molar-refractivity contribution in [3.05, 3.63) is 53.2 Å². The number of rotatable bonds is 4. The van der Waals surface area contributed by atoms with Crippen molar-refractivity contribution in [3.63, 3.8) is 0 Å². The van der Waals surface area contributed by atoms with E-state index in [2.05, 4.69) is 15.6 Å². The summed E-state index contributed by atoms with van der Waals surface area (Å²) < 4.78 is 0. The van der Waals surface area contributed by atoms with Gasteiger partial charge in [0.1, 0.15) is 5.82 Å². The minimum atomic E-state index is -0.121. The molecule has 104 valence electrons. The molecular weight excluding hydrogens is 250 g/mol. The first kappa shape index (κ1) is 14.1. The lowest BCUT2D eigenvalue weighted by Crippen LogP contribution is -2.14. The first-order chi connectivity index (χ1) is 9.61. The molecule has 0 unspecified atom stereocenters. The van der Waals surface area contributed by atoms with Crippen molar-refractivity contribution in [1.29, 1.82) is 0 Å². The fourth-order valence-corrected chi connectivity index (χ4v) is 2.05. The average molecular weight is 269 g/mol. The highest BCUT2D eigenvalue weighted by Crippen LogP contribution is 2.20. The Morgan fingerprint density at radius 2 is 1.90 bits per heavy atom. The minimum absolute atomic E-state index is 0.121. The molecule has 1 aromatic carbocycles. The molecule has 0 saturated carbocycles. The van der Waals surface area contributed by atoms with Gasteiger partial charge in [0.25, 0.3) is 5.91 Å². The summed E-state index contributed by atoms with van der Waals surface area (Å²) >= 11 is 0. The summed E-state index contributed by atoms with van der Waals surface area (Å²) in [6.07, 6.45) is 1.64. The van der Waals surface area contributed by atoms with Crippen LogP contribution in [-0.4, -0.2) is 17.4 Å². The van der Waals surface area contributed by atoms with Gasteiger partial charge in [0.15, 0.2) is 0 Å². The number of carbonyl (C=O) groups excluding carboxylic acids is 1. The highest BCUT2D eigenvalue weighted by atomic mass is 16.1. The Kier molecular flexibility index (Phi) is 4.35. The summed E-state index contributed by atoms with van der Waals surface area (Å²) in [5.41, 5.74) is 3.58. The fourth-order valence-electron chi connectivity index (χ4n) is 2.05. The van der Waals surface area contributed by atoms with Crippen molar-refractivity contribution in [3.8, 4) is 0 Å². The van der Waals surface area contributed by atoms with Crippen LogP contribution < -0.4 is 10.6 Å². The van der Waals surface area contributed by atoms with Crippen LogP contribution in [0.4, 0.5) is 11.5 Å². The van der Waals surface area contributed by atoms with E-state index in [1.165, 1.54) is 0 Å². The summed E-state index contributed by atoms with van der Waals surface area (Å²) in [6.45, 7) is 6.73. The average Bonchev–Trinajstić information content (AvgIpc) is 2.43. The van der Waals surface area contributed by atoms with Crippen LogP contribution in [0.3, 0.4) is 0 Å². The Morgan fingerprint density at radius 1 is 1.20 bits per heavy atom. The summed E-state index contributed by atoms with van der Waals surface area (Å²) in [4.78, 5) is 16.5.